The molecule has 0 aromatic heterocycles. The van der Waals surface area contributed by atoms with E-state index in [0.29, 0.717) is 5.75 Å². The molecule has 3 heteroatoms. The van der Waals surface area contributed by atoms with E-state index in [4.69, 9.17) is 4.74 Å². The molecule has 0 fully saturated rings. The number of ether oxygens (including phenoxy) is 1. The van der Waals surface area contributed by atoms with Crippen molar-refractivity contribution in [2.45, 2.75) is 0 Å². The number of Topliss-reactive ketones (excluding diaryl/α,β-unsaturated/α-hetero) is 1. The Bertz CT molecular complexity index is 266. The smallest absolute Gasteiger partial charge is 0.232 e. The summed E-state index contributed by atoms with van der Waals surface area (Å²) in [6, 6.07) is 9.64. The Balaban J connectivity index is 2.43. The SMILES string of the molecule is O=CC(=O)COc1[c]cccc1. The Morgan fingerprint density at radius 1 is 1.58 bits per heavy atom. The van der Waals surface area contributed by atoms with Crippen LogP contribution in [0.1, 0.15) is 0 Å². The molecule has 0 N–H and O–H groups in total. The molecular formula is C9H7O3. The Kier molecular flexibility index (Phi) is 3.02. The number of hydrogen-bond donors (Lipinski definition) is 0. The van der Waals surface area contributed by atoms with Gasteiger partial charge in [0.25, 0.3) is 0 Å². The van der Waals surface area contributed by atoms with Crippen LogP contribution in [0.3, 0.4) is 0 Å². The molecule has 0 aliphatic rings. The van der Waals surface area contributed by atoms with E-state index in [2.05, 4.69) is 6.07 Å². The van der Waals surface area contributed by atoms with Gasteiger partial charge in [-0.05, 0) is 6.07 Å². The van der Waals surface area contributed by atoms with E-state index in [1.807, 2.05) is 0 Å². The van der Waals surface area contributed by atoms with Crippen LogP contribution in [-0.4, -0.2) is 18.7 Å². The van der Waals surface area contributed by atoms with E-state index in [-0.39, 0.29) is 12.9 Å². The molecule has 0 bridgehead atoms. The standard InChI is InChI=1S/C9H7O3/c10-6-8(11)7-12-9-4-2-1-3-5-9/h1-4,6H,7H2. The van der Waals surface area contributed by atoms with Crippen LogP contribution in [0.2, 0.25) is 0 Å². The van der Waals surface area contributed by atoms with Gasteiger partial charge in [-0.15, -0.1) is 0 Å². The summed E-state index contributed by atoms with van der Waals surface area (Å²) in [7, 11) is 0. The fourth-order valence-corrected chi connectivity index (χ4v) is 0.650. The van der Waals surface area contributed by atoms with Crippen LogP contribution in [0.25, 0.3) is 0 Å². The Morgan fingerprint density at radius 3 is 3.00 bits per heavy atom. The molecule has 0 spiro atoms. The van der Waals surface area contributed by atoms with Crippen molar-refractivity contribution in [3.8, 4) is 5.75 Å². The highest BCUT2D eigenvalue weighted by atomic mass is 16.5. The molecule has 1 radical (unpaired) electrons. The van der Waals surface area contributed by atoms with Crippen LogP contribution in [0.5, 0.6) is 5.75 Å². The summed E-state index contributed by atoms with van der Waals surface area (Å²) in [5, 5.41) is 0. The van der Waals surface area contributed by atoms with Crippen molar-refractivity contribution in [2.24, 2.45) is 0 Å². The lowest BCUT2D eigenvalue weighted by atomic mass is 10.3. The monoisotopic (exact) mass is 163 g/mol. The molecule has 0 aliphatic heterocycles. The lowest BCUT2D eigenvalue weighted by molar-refractivity contribution is -0.131. The third-order valence-corrected chi connectivity index (χ3v) is 1.18. The first-order valence-electron chi connectivity index (χ1n) is 3.40. The minimum atomic E-state index is -0.577. The lowest BCUT2D eigenvalue weighted by Gasteiger charge is -2.00. The van der Waals surface area contributed by atoms with Crippen LogP contribution < -0.4 is 4.74 Å². The number of ketones is 1. The summed E-state index contributed by atoms with van der Waals surface area (Å²) in [6.45, 7) is -0.218. The van der Waals surface area contributed by atoms with Gasteiger partial charge >= 0.3 is 0 Å². The molecule has 0 amide bonds. The van der Waals surface area contributed by atoms with Gasteiger partial charge in [0.2, 0.25) is 5.78 Å². The molecule has 0 saturated heterocycles. The molecule has 0 saturated carbocycles. The van der Waals surface area contributed by atoms with Crippen molar-refractivity contribution in [3.05, 3.63) is 30.3 Å². The first-order chi connectivity index (χ1) is 5.83. The van der Waals surface area contributed by atoms with Gasteiger partial charge in [-0.25, -0.2) is 0 Å². The minimum Gasteiger partial charge on any atom is -0.485 e. The van der Waals surface area contributed by atoms with E-state index >= 15 is 0 Å². The summed E-state index contributed by atoms with van der Waals surface area (Å²) in [5.74, 6) is -0.111. The highest BCUT2D eigenvalue weighted by Gasteiger charge is 1.99. The quantitative estimate of drug-likeness (QED) is 0.483. The van der Waals surface area contributed by atoms with Gasteiger partial charge in [-0.1, -0.05) is 18.2 Å². The van der Waals surface area contributed by atoms with Gasteiger partial charge in [0.15, 0.2) is 12.9 Å². The number of para-hydroxylation sites is 1. The van der Waals surface area contributed by atoms with Crippen LogP contribution in [-0.2, 0) is 9.59 Å². The molecule has 0 atom stereocenters. The zero-order chi connectivity index (χ0) is 8.81. The molecule has 0 unspecified atom stereocenters. The van der Waals surface area contributed by atoms with Crippen LogP contribution in [0, 0.1) is 6.07 Å². The largest absolute Gasteiger partial charge is 0.485 e. The van der Waals surface area contributed by atoms with Crippen molar-refractivity contribution >= 4 is 12.1 Å². The second-order valence-corrected chi connectivity index (χ2v) is 2.10. The fraction of sp³-hybridized carbons (Fsp3) is 0.111. The zero-order valence-corrected chi connectivity index (χ0v) is 6.32. The van der Waals surface area contributed by atoms with Crippen LogP contribution >= 0.6 is 0 Å². The summed E-state index contributed by atoms with van der Waals surface area (Å²) in [4.78, 5) is 20.4. The predicted molar refractivity (Wildman–Crippen MR) is 41.8 cm³/mol. The van der Waals surface area contributed by atoms with Crippen molar-refractivity contribution in [1.82, 2.24) is 0 Å². The van der Waals surface area contributed by atoms with Gasteiger partial charge in [-0.3, -0.25) is 9.59 Å². The normalized spacial score (nSPS) is 9.00. The topological polar surface area (TPSA) is 43.4 Å². The van der Waals surface area contributed by atoms with E-state index in [9.17, 15) is 9.59 Å². The van der Waals surface area contributed by atoms with Crippen LogP contribution in [0.15, 0.2) is 24.3 Å². The van der Waals surface area contributed by atoms with E-state index in [1.54, 1.807) is 24.3 Å². The molecule has 0 heterocycles. The second-order valence-electron chi connectivity index (χ2n) is 2.10. The summed E-state index contributed by atoms with van der Waals surface area (Å²) in [5.41, 5.74) is 0. The zero-order valence-electron chi connectivity index (χ0n) is 6.32. The Morgan fingerprint density at radius 2 is 2.42 bits per heavy atom. The van der Waals surface area contributed by atoms with Crippen molar-refractivity contribution in [2.75, 3.05) is 6.61 Å². The average molecular weight is 163 g/mol. The third kappa shape index (κ3) is 2.54. The first kappa shape index (κ1) is 8.46. The third-order valence-electron chi connectivity index (χ3n) is 1.18. The van der Waals surface area contributed by atoms with Crippen molar-refractivity contribution < 1.29 is 14.3 Å². The summed E-state index contributed by atoms with van der Waals surface area (Å²) >= 11 is 0. The van der Waals surface area contributed by atoms with Gasteiger partial charge in [0, 0.05) is 6.07 Å². The maximum absolute atomic E-state index is 10.5. The highest BCUT2D eigenvalue weighted by molar-refractivity contribution is 6.25. The molecule has 3 nitrogen and oxygen atoms in total. The van der Waals surface area contributed by atoms with Gasteiger partial charge in [-0.2, -0.15) is 0 Å². The fourth-order valence-electron chi connectivity index (χ4n) is 0.650. The maximum atomic E-state index is 10.5. The minimum absolute atomic E-state index is 0.218. The molecule has 1 rings (SSSR count). The van der Waals surface area contributed by atoms with Gasteiger partial charge < -0.3 is 4.74 Å². The summed E-state index contributed by atoms with van der Waals surface area (Å²) in [6.07, 6.45) is 0.239. The lowest BCUT2D eigenvalue weighted by Crippen LogP contribution is -2.11. The van der Waals surface area contributed by atoms with Crippen molar-refractivity contribution in [3.63, 3.8) is 0 Å². The molecule has 1 aromatic rings. The predicted octanol–water partition coefficient (Wildman–Crippen LogP) is 0.634. The van der Waals surface area contributed by atoms with E-state index < -0.39 is 5.78 Å². The second kappa shape index (κ2) is 4.28. The van der Waals surface area contributed by atoms with Crippen LogP contribution in [0.4, 0.5) is 0 Å². The highest BCUT2D eigenvalue weighted by Crippen LogP contribution is 2.06. The first-order valence-corrected chi connectivity index (χ1v) is 3.40. The molecule has 0 aliphatic carbocycles. The van der Waals surface area contributed by atoms with E-state index in [1.165, 1.54) is 0 Å². The van der Waals surface area contributed by atoms with Gasteiger partial charge in [0.05, 0.1) is 0 Å². The summed E-state index contributed by atoms with van der Waals surface area (Å²) < 4.78 is 4.92. The van der Waals surface area contributed by atoms with E-state index in [0.717, 1.165) is 0 Å². The maximum Gasteiger partial charge on any atom is 0.232 e. The number of carbonyl (C=O) groups is 2. The number of carbonyl (C=O) groups excluding carboxylic acids is 2. The Hall–Kier alpha value is -1.64. The van der Waals surface area contributed by atoms with Gasteiger partial charge in [0.1, 0.15) is 5.75 Å². The van der Waals surface area contributed by atoms with Crippen molar-refractivity contribution in [1.29, 1.82) is 0 Å². The molecule has 1 aromatic carbocycles. The number of rotatable bonds is 4. The molecular weight excluding hydrogens is 156 g/mol. The molecule has 12 heavy (non-hydrogen) atoms. The number of aldehydes is 1. The number of hydrogen-bond acceptors (Lipinski definition) is 3. The Labute approximate surface area is 70.0 Å². The molecule has 61 valence electrons. The average Bonchev–Trinajstić information content (AvgIpc) is 2.16. The number of benzene rings is 1.